The van der Waals surface area contributed by atoms with E-state index in [4.69, 9.17) is 25.6 Å². The first kappa shape index (κ1) is 19.9. The number of benzene rings is 2. The van der Waals surface area contributed by atoms with E-state index in [0.29, 0.717) is 48.7 Å². The maximum Gasteiger partial charge on any atom is 0.374 e. The van der Waals surface area contributed by atoms with Gasteiger partial charge in [0.05, 0.1) is 23.3 Å². The van der Waals surface area contributed by atoms with Crippen LogP contribution in [0.15, 0.2) is 48.5 Å². The van der Waals surface area contributed by atoms with Crippen LogP contribution in [0, 0.1) is 11.8 Å². The maximum absolute atomic E-state index is 12.3. The van der Waals surface area contributed by atoms with Gasteiger partial charge in [0, 0.05) is 0 Å². The third-order valence-electron chi connectivity index (χ3n) is 4.75. The van der Waals surface area contributed by atoms with Gasteiger partial charge in [-0.1, -0.05) is 0 Å². The Balaban J connectivity index is 1.47. The minimum atomic E-state index is -0.300. The molecule has 140 valence electrons. The summed E-state index contributed by atoms with van der Waals surface area (Å²) >= 11 is 0. The Morgan fingerprint density at radius 2 is 0.893 bits per heavy atom. The highest BCUT2D eigenvalue weighted by Crippen LogP contribution is 2.31. The highest BCUT2D eigenvalue weighted by Gasteiger charge is 2.32. The quantitative estimate of drug-likeness (QED) is 0.439. The van der Waals surface area contributed by atoms with Crippen LogP contribution in [0.5, 0.6) is 23.0 Å². The van der Waals surface area contributed by atoms with Crippen LogP contribution < -0.4 is 18.8 Å². The van der Waals surface area contributed by atoms with Crippen LogP contribution in [0.2, 0.25) is 0 Å². The predicted molar refractivity (Wildman–Crippen MR) is 102 cm³/mol. The average Bonchev–Trinajstić information content (AvgIpc) is 2.75. The molecular weight excluding hydrogens is 358 g/mol. The molecule has 0 heterocycles. The second-order valence-corrected chi connectivity index (χ2v) is 6.57. The zero-order valence-electron chi connectivity index (χ0n) is 15.2. The Morgan fingerprint density at radius 1 is 0.607 bits per heavy atom. The lowest BCUT2D eigenvalue weighted by Crippen LogP contribution is -2.30. The lowest BCUT2D eigenvalue weighted by Gasteiger charge is -2.25. The number of hydrogen-bond donors (Lipinski definition) is 0. The van der Waals surface area contributed by atoms with Crippen molar-refractivity contribution in [3.63, 3.8) is 0 Å². The fourth-order valence-electron chi connectivity index (χ4n) is 3.14. The molecule has 2 aromatic carbocycles. The Morgan fingerprint density at radius 3 is 1.18 bits per heavy atom. The molecule has 0 spiro atoms. The first-order chi connectivity index (χ1) is 13.6. The van der Waals surface area contributed by atoms with Gasteiger partial charge in [0.1, 0.15) is 11.5 Å². The third-order valence-corrected chi connectivity index (χ3v) is 4.75. The predicted octanol–water partition coefficient (Wildman–Crippen LogP) is 2.93. The summed E-state index contributed by atoms with van der Waals surface area (Å²) in [7, 11) is 10.1. The van der Waals surface area contributed by atoms with Gasteiger partial charge in [0.15, 0.2) is 0 Å². The highest BCUT2D eigenvalue weighted by atomic mass is 16.5. The minimum Gasteiger partial charge on any atom is -0.568 e. The molecule has 0 amide bonds. The minimum absolute atomic E-state index is 0.240. The molecule has 1 aliphatic rings. The summed E-state index contributed by atoms with van der Waals surface area (Å²) in [6.45, 7) is 0. The summed E-state index contributed by atoms with van der Waals surface area (Å²) in [6.07, 6.45) is 2.29. The summed E-state index contributed by atoms with van der Waals surface area (Å²) in [4.78, 5) is 24.7. The number of hydrogen-bond acceptors (Lipinski definition) is 6. The molecule has 1 saturated carbocycles. The smallest absolute Gasteiger partial charge is 0.374 e. The van der Waals surface area contributed by atoms with Crippen LogP contribution >= 0.6 is 0 Å². The summed E-state index contributed by atoms with van der Waals surface area (Å²) in [5.74, 6) is 0.727. The summed E-state index contributed by atoms with van der Waals surface area (Å²) < 4.78 is 20.0. The first-order valence-corrected chi connectivity index (χ1v) is 8.96. The molecule has 8 heteroatoms. The maximum atomic E-state index is 12.3. The molecule has 3 rings (SSSR count). The number of ether oxygens (including phenoxy) is 2. The molecule has 4 radical (unpaired) electrons. The van der Waals surface area contributed by atoms with Crippen molar-refractivity contribution in [3.05, 3.63) is 48.5 Å². The Hall–Kier alpha value is -2.89. The summed E-state index contributed by atoms with van der Waals surface area (Å²) in [6, 6.07) is 12.9. The standard InChI is InChI=1S/C20H18B2O6/c21-27-17-9-5-15(6-10-17)25-19(23)13-1-2-14(4-3-13)20(24)26-16-7-11-18(28-22)12-8-16/h5-14H,1-4H2. The van der Waals surface area contributed by atoms with Crippen molar-refractivity contribution >= 4 is 28.0 Å². The summed E-state index contributed by atoms with van der Waals surface area (Å²) in [5.41, 5.74) is 0. The molecule has 0 unspecified atom stereocenters. The number of rotatable bonds is 6. The van der Waals surface area contributed by atoms with Crippen molar-refractivity contribution in [1.82, 2.24) is 0 Å². The zero-order chi connectivity index (χ0) is 19.9. The van der Waals surface area contributed by atoms with Crippen molar-refractivity contribution in [2.45, 2.75) is 25.7 Å². The van der Waals surface area contributed by atoms with E-state index < -0.39 is 0 Å². The van der Waals surface area contributed by atoms with Crippen LogP contribution in [0.1, 0.15) is 25.7 Å². The molecule has 0 saturated heterocycles. The van der Waals surface area contributed by atoms with Gasteiger partial charge in [-0.3, -0.25) is 9.59 Å². The molecule has 6 nitrogen and oxygen atoms in total. The SMILES string of the molecule is [B]Oc1ccc(OC(=O)C2CCC(C(=O)Oc3ccc(O[B])cc3)CC2)cc1. The fourth-order valence-corrected chi connectivity index (χ4v) is 3.14. The fraction of sp³-hybridized carbons (Fsp3) is 0.300. The number of carbonyl (C=O) groups is 2. The van der Waals surface area contributed by atoms with E-state index in [9.17, 15) is 9.59 Å². The van der Waals surface area contributed by atoms with Crippen LogP contribution in [-0.2, 0) is 9.59 Å². The lowest BCUT2D eigenvalue weighted by atomic mass is 9.82. The normalized spacial score (nSPS) is 18.7. The molecule has 0 atom stereocenters. The molecule has 28 heavy (non-hydrogen) atoms. The van der Waals surface area contributed by atoms with Gasteiger partial charge < -0.3 is 18.8 Å². The molecule has 1 fully saturated rings. The van der Waals surface area contributed by atoms with Crippen LogP contribution in [0.4, 0.5) is 0 Å². The molecule has 1 aliphatic carbocycles. The molecule has 0 N–H and O–H groups in total. The highest BCUT2D eigenvalue weighted by molar-refractivity contribution is 6.00. The Bertz CT molecular complexity index is 729. The zero-order valence-corrected chi connectivity index (χ0v) is 15.2. The molecule has 2 aromatic rings. The van der Waals surface area contributed by atoms with Crippen LogP contribution in [-0.4, -0.2) is 28.0 Å². The van der Waals surface area contributed by atoms with Gasteiger partial charge in [-0.15, -0.1) is 0 Å². The summed E-state index contributed by atoms with van der Waals surface area (Å²) in [5, 5.41) is 0. The van der Waals surface area contributed by atoms with Crippen molar-refractivity contribution in [1.29, 1.82) is 0 Å². The molecule has 0 bridgehead atoms. The van der Waals surface area contributed by atoms with E-state index >= 15 is 0 Å². The third kappa shape index (κ3) is 5.09. The van der Waals surface area contributed by atoms with Crippen molar-refractivity contribution in [2.24, 2.45) is 11.8 Å². The van der Waals surface area contributed by atoms with E-state index in [1.54, 1.807) is 48.5 Å². The van der Waals surface area contributed by atoms with Crippen LogP contribution in [0.25, 0.3) is 0 Å². The molecule has 0 aromatic heterocycles. The second kappa shape index (κ2) is 9.35. The van der Waals surface area contributed by atoms with Gasteiger partial charge in [-0.2, -0.15) is 0 Å². The van der Waals surface area contributed by atoms with Gasteiger partial charge in [-0.05, 0) is 74.2 Å². The van der Waals surface area contributed by atoms with Crippen LogP contribution in [0.3, 0.4) is 0 Å². The average molecular weight is 376 g/mol. The van der Waals surface area contributed by atoms with Gasteiger partial charge in [-0.25, -0.2) is 0 Å². The monoisotopic (exact) mass is 376 g/mol. The van der Waals surface area contributed by atoms with Crippen molar-refractivity contribution in [3.8, 4) is 23.0 Å². The van der Waals surface area contributed by atoms with E-state index in [2.05, 4.69) is 9.31 Å². The second-order valence-electron chi connectivity index (χ2n) is 6.57. The Labute approximate surface area is 166 Å². The lowest BCUT2D eigenvalue weighted by molar-refractivity contribution is -0.145. The Kier molecular flexibility index (Phi) is 6.63. The van der Waals surface area contributed by atoms with E-state index in [1.165, 1.54) is 0 Å². The van der Waals surface area contributed by atoms with E-state index in [-0.39, 0.29) is 23.8 Å². The van der Waals surface area contributed by atoms with Gasteiger partial charge in [0.2, 0.25) is 0 Å². The van der Waals surface area contributed by atoms with E-state index in [0.717, 1.165) is 0 Å². The van der Waals surface area contributed by atoms with Gasteiger partial charge in [0.25, 0.3) is 0 Å². The van der Waals surface area contributed by atoms with E-state index in [1.807, 2.05) is 0 Å². The number of carbonyl (C=O) groups excluding carboxylic acids is 2. The van der Waals surface area contributed by atoms with Crippen molar-refractivity contribution < 1.29 is 28.4 Å². The largest absolute Gasteiger partial charge is 0.568 e. The van der Waals surface area contributed by atoms with Gasteiger partial charge >= 0.3 is 28.0 Å². The first-order valence-electron chi connectivity index (χ1n) is 8.96. The van der Waals surface area contributed by atoms with Crippen molar-refractivity contribution in [2.75, 3.05) is 0 Å². The molecule has 0 aliphatic heterocycles. The number of esters is 2. The molecular formula is C20H18B2O6. The topological polar surface area (TPSA) is 71.1 Å².